The van der Waals surface area contributed by atoms with Crippen LogP contribution in [0.25, 0.3) is 0 Å². The summed E-state index contributed by atoms with van der Waals surface area (Å²) in [5, 5.41) is 10.1. The molecule has 0 radical (unpaired) electrons. The number of hydrogen-bond donors (Lipinski definition) is 1. The Morgan fingerprint density at radius 3 is 2.88 bits per heavy atom. The first-order chi connectivity index (χ1) is 7.45. The lowest BCUT2D eigenvalue weighted by Gasteiger charge is -2.49. The summed E-state index contributed by atoms with van der Waals surface area (Å²) >= 11 is 0. The van der Waals surface area contributed by atoms with Gasteiger partial charge in [0.05, 0.1) is 6.10 Å². The van der Waals surface area contributed by atoms with Crippen LogP contribution >= 0.6 is 0 Å². The van der Waals surface area contributed by atoms with Gasteiger partial charge in [0.25, 0.3) is 0 Å². The van der Waals surface area contributed by atoms with Crippen molar-refractivity contribution < 1.29 is 5.11 Å². The molecule has 1 saturated carbocycles. The van der Waals surface area contributed by atoms with E-state index in [-0.39, 0.29) is 11.5 Å². The van der Waals surface area contributed by atoms with E-state index in [9.17, 15) is 5.11 Å². The molecule has 0 aromatic carbocycles. The SMILES string of the molecule is C=C(C)[C@@H]1CC=C2CC[C@H](O)[C@@H](C)[C@@]2(C)C1. The maximum atomic E-state index is 10.1. The van der Waals surface area contributed by atoms with Crippen molar-refractivity contribution in [2.75, 3.05) is 0 Å². The number of aliphatic hydroxyl groups excluding tert-OH is 1. The molecule has 4 atom stereocenters. The van der Waals surface area contributed by atoms with Crippen LogP contribution in [0, 0.1) is 17.3 Å². The Kier molecular flexibility index (Phi) is 3.00. The Labute approximate surface area is 99.3 Å². The summed E-state index contributed by atoms with van der Waals surface area (Å²) in [6.07, 6.45) is 6.66. The molecule has 0 bridgehead atoms. The molecule has 0 amide bonds. The van der Waals surface area contributed by atoms with Crippen LogP contribution in [0.2, 0.25) is 0 Å². The highest BCUT2D eigenvalue weighted by atomic mass is 16.3. The zero-order chi connectivity index (χ0) is 11.9. The summed E-state index contributed by atoms with van der Waals surface area (Å²) in [7, 11) is 0. The first-order valence-corrected chi connectivity index (χ1v) is 6.48. The lowest BCUT2D eigenvalue weighted by atomic mass is 9.57. The van der Waals surface area contributed by atoms with E-state index < -0.39 is 0 Å². The maximum Gasteiger partial charge on any atom is 0.0577 e. The molecule has 1 fully saturated rings. The van der Waals surface area contributed by atoms with Gasteiger partial charge in [0.1, 0.15) is 0 Å². The van der Waals surface area contributed by atoms with Gasteiger partial charge in [0.15, 0.2) is 0 Å². The van der Waals surface area contributed by atoms with Crippen molar-refractivity contribution in [3.63, 3.8) is 0 Å². The minimum atomic E-state index is -0.119. The number of fused-ring (bicyclic) bond motifs is 1. The second-order valence-electron chi connectivity index (χ2n) is 6.02. The van der Waals surface area contributed by atoms with E-state index in [0.29, 0.717) is 11.8 Å². The van der Waals surface area contributed by atoms with Crippen molar-refractivity contribution in [2.24, 2.45) is 17.3 Å². The first kappa shape index (κ1) is 11.9. The van der Waals surface area contributed by atoms with Gasteiger partial charge in [0.2, 0.25) is 0 Å². The van der Waals surface area contributed by atoms with Gasteiger partial charge >= 0.3 is 0 Å². The molecular weight excluding hydrogens is 196 g/mol. The van der Waals surface area contributed by atoms with Crippen LogP contribution in [0.5, 0.6) is 0 Å². The van der Waals surface area contributed by atoms with Crippen LogP contribution < -0.4 is 0 Å². The van der Waals surface area contributed by atoms with E-state index in [4.69, 9.17) is 0 Å². The molecule has 90 valence electrons. The highest BCUT2D eigenvalue weighted by Gasteiger charge is 2.44. The van der Waals surface area contributed by atoms with E-state index in [2.05, 4.69) is 33.4 Å². The molecule has 0 spiro atoms. The largest absolute Gasteiger partial charge is 0.393 e. The molecule has 0 aromatic rings. The van der Waals surface area contributed by atoms with Gasteiger partial charge in [-0.3, -0.25) is 0 Å². The smallest absolute Gasteiger partial charge is 0.0577 e. The third-order valence-corrected chi connectivity index (χ3v) is 5.04. The topological polar surface area (TPSA) is 20.2 Å². The molecular formula is C15H24O. The predicted molar refractivity (Wildman–Crippen MR) is 68.1 cm³/mol. The van der Waals surface area contributed by atoms with Crippen LogP contribution in [-0.4, -0.2) is 11.2 Å². The molecule has 0 aromatic heterocycles. The summed E-state index contributed by atoms with van der Waals surface area (Å²) in [6, 6.07) is 0. The van der Waals surface area contributed by atoms with Crippen LogP contribution in [-0.2, 0) is 0 Å². The third kappa shape index (κ3) is 1.75. The Bertz CT molecular complexity index is 328. The molecule has 2 rings (SSSR count). The summed E-state index contributed by atoms with van der Waals surface area (Å²) in [6.45, 7) is 10.8. The van der Waals surface area contributed by atoms with Gasteiger partial charge in [-0.2, -0.15) is 0 Å². The van der Waals surface area contributed by atoms with E-state index >= 15 is 0 Å². The molecule has 1 nitrogen and oxygen atoms in total. The Balaban J connectivity index is 2.29. The number of allylic oxidation sites excluding steroid dienone is 3. The Morgan fingerprint density at radius 1 is 1.56 bits per heavy atom. The molecule has 0 unspecified atom stereocenters. The van der Waals surface area contributed by atoms with E-state index in [1.807, 2.05) is 0 Å². The number of rotatable bonds is 1. The van der Waals surface area contributed by atoms with Gasteiger partial charge in [-0.1, -0.05) is 37.6 Å². The maximum absolute atomic E-state index is 10.1. The number of hydrogen-bond acceptors (Lipinski definition) is 1. The van der Waals surface area contributed by atoms with Gasteiger partial charge < -0.3 is 5.11 Å². The molecule has 1 N–H and O–H groups in total. The predicted octanol–water partition coefficient (Wildman–Crippen LogP) is 3.70. The lowest BCUT2D eigenvalue weighted by Crippen LogP contribution is -2.43. The van der Waals surface area contributed by atoms with Gasteiger partial charge in [-0.15, -0.1) is 0 Å². The van der Waals surface area contributed by atoms with Crippen LogP contribution in [0.1, 0.15) is 46.5 Å². The molecule has 16 heavy (non-hydrogen) atoms. The molecule has 1 heteroatoms. The standard InChI is InChI=1S/C15H24O/c1-10(2)12-5-6-13-7-8-14(16)11(3)15(13,4)9-12/h6,11-12,14,16H,1,5,7-9H2,2-4H3/t11-,12-,14+,15-/m1/s1. The summed E-state index contributed by atoms with van der Waals surface area (Å²) in [4.78, 5) is 0. The molecule has 0 aliphatic heterocycles. The normalized spacial score (nSPS) is 43.5. The second-order valence-corrected chi connectivity index (χ2v) is 6.02. The zero-order valence-corrected chi connectivity index (χ0v) is 10.8. The highest BCUT2D eigenvalue weighted by molar-refractivity contribution is 5.24. The second kappa shape index (κ2) is 4.03. The fourth-order valence-corrected chi connectivity index (χ4v) is 3.46. The average molecular weight is 220 g/mol. The lowest BCUT2D eigenvalue weighted by molar-refractivity contribution is 0.0109. The number of aliphatic hydroxyl groups is 1. The quantitative estimate of drug-likeness (QED) is 0.668. The van der Waals surface area contributed by atoms with Crippen LogP contribution in [0.4, 0.5) is 0 Å². The van der Waals surface area contributed by atoms with Crippen molar-refractivity contribution >= 4 is 0 Å². The highest BCUT2D eigenvalue weighted by Crippen LogP contribution is 2.52. The van der Waals surface area contributed by atoms with Crippen molar-refractivity contribution in [2.45, 2.75) is 52.6 Å². The minimum absolute atomic E-state index is 0.119. The van der Waals surface area contributed by atoms with Crippen molar-refractivity contribution in [1.29, 1.82) is 0 Å². The van der Waals surface area contributed by atoms with E-state index in [0.717, 1.165) is 19.3 Å². The van der Waals surface area contributed by atoms with Crippen LogP contribution in [0.3, 0.4) is 0 Å². The van der Waals surface area contributed by atoms with Crippen molar-refractivity contribution in [1.82, 2.24) is 0 Å². The Morgan fingerprint density at radius 2 is 2.25 bits per heavy atom. The molecule has 2 aliphatic rings. The van der Waals surface area contributed by atoms with Gasteiger partial charge in [0, 0.05) is 0 Å². The monoisotopic (exact) mass is 220 g/mol. The Hall–Kier alpha value is -0.560. The van der Waals surface area contributed by atoms with E-state index in [1.54, 1.807) is 5.57 Å². The zero-order valence-electron chi connectivity index (χ0n) is 10.8. The summed E-state index contributed by atoms with van der Waals surface area (Å²) in [5.74, 6) is 0.996. The van der Waals surface area contributed by atoms with E-state index in [1.165, 1.54) is 12.0 Å². The molecule has 2 aliphatic carbocycles. The summed E-state index contributed by atoms with van der Waals surface area (Å²) < 4.78 is 0. The first-order valence-electron chi connectivity index (χ1n) is 6.48. The van der Waals surface area contributed by atoms with Crippen molar-refractivity contribution in [3.8, 4) is 0 Å². The van der Waals surface area contributed by atoms with Gasteiger partial charge in [-0.25, -0.2) is 0 Å². The molecule has 0 heterocycles. The fourth-order valence-electron chi connectivity index (χ4n) is 3.46. The van der Waals surface area contributed by atoms with Gasteiger partial charge in [-0.05, 0) is 49.9 Å². The van der Waals surface area contributed by atoms with Crippen LogP contribution in [0.15, 0.2) is 23.8 Å². The third-order valence-electron chi connectivity index (χ3n) is 5.04. The fraction of sp³-hybridized carbons (Fsp3) is 0.733. The van der Waals surface area contributed by atoms with Crippen molar-refractivity contribution in [3.05, 3.63) is 23.8 Å². The minimum Gasteiger partial charge on any atom is -0.393 e. The summed E-state index contributed by atoms with van der Waals surface area (Å²) in [5.41, 5.74) is 3.09. The average Bonchev–Trinajstić information content (AvgIpc) is 2.24. The molecule has 0 saturated heterocycles.